The maximum atomic E-state index is 13.4. The maximum absolute atomic E-state index is 13.4. The van der Waals surface area contributed by atoms with Crippen molar-refractivity contribution < 1.29 is 44.2 Å². The molecule has 0 bridgehead atoms. The molecule has 5 aromatic carbocycles. The van der Waals surface area contributed by atoms with Gasteiger partial charge in [-0.05, 0) is 58.5 Å². The molecule has 5 N–H and O–H groups in total. The van der Waals surface area contributed by atoms with Gasteiger partial charge in [0.2, 0.25) is 0 Å². The van der Waals surface area contributed by atoms with E-state index in [9.17, 15) is 30.3 Å². The number of hydrogen-bond acceptors (Lipinski definition) is 10. The van der Waals surface area contributed by atoms with Crippen molar-refractivity contribution in [2.24, 2.45) is 0 Å². The number of aromatic hydroxyl groups is 5. The Balaban J connectivity index is 1.88. The molecular weight excluding hydrogens is 556 g/mol. The molecule has 0 amide bonds. The Hall–Kier alpha value is -5.77. The minimum Gasteiger partial charge on any atom is -0.508 e. The second-order valence-corrected chi connectivity index (χ2v) is 9.96. The highest BCUT2D eigenvalue weighted by atomic mass is 16.5. The van der Waals surface area contributed by atoms with Gasteiger partial charge in [0.05, 0.1) is 21.3 Å². The molecule has 10 heteroatoms. The van der Waals surface area contributed by atoms with Gasteiger partial charge in [-0.15, -0.1) is 0 Å². The van der Waals surface area contributed by atoms with Crippen molar-refractivity contribution >= 4 is 32.7 Å². The van der Waals surface area contributed by atoms with Crippen molar-refractivity contribution in [3.63, 3.8) is 0 Å². The van der Waals surface area contributed by atoms with Gasteiger partial charge in [0.15, 0.2) is 34.5 Å². The minimum atomic E-state index is -0.500. The molecule has 6 rings (SSSR count). The average molecular weight is 583 g/mol. The van der Waals surface area contributed by atoms with Crippen LogP contribution in [0.1, 0.15) is 11.1 Å². The highest BCUT2D eigenvalue weighted by molar-refractivity contribution is 6.19. The van der Waals surface area contributed by atoms with Crippen LogP contribution in [0.4, 0.5) is 0 Å². The van der Waals surface area contributed by atoms with E-state index in [1.54, 1.807) is 24.3 Å². The summed E-state index contributed by atoms with van der Waals surface area (Å²) in [5.74, 6) is -1.01. The SMILES string of the molecule is COc1cc(O)ccc1Cc1c(-c2ccc(O)c(O)c2)c2cc(OC)c(=O)c(OC)c2c2cc3cc(O)c(O)cc3oc12. The molecule has 0 radical (unpaired) electrons. The van der Waals surface area contributed by atoms with Crippen LogP contribution in [0.2, 0.25) is 0 Å². The van der Waals surface area contributed by atoms with Crippen molar-refractivity contribution in [1.29, 1.82) is 0 Å². The number of hydrogen-bond donors (Lipinski definition) is 5. The number of phenolic OH excluding ortho intramolecular Hbond substituents is 5. The summed E-state index contributed by atoms with van der Waals surface area (Å²) in [4.78, 5) is 13.4. The zero-order valence-electron chi connectivity index (χ0n) is 23.3. The van der Waals surface area contributed by atoms with Gasteiger partial charge >= 0.3 is 0 Å². The Morgan fingerprint density at radius 2 is 1.42 bits per heavy atom. The van der Waals surface area contributed by atoms with Crippen molar-refractivity contribution in [2.45, 2.75) is 6.42 Å². The van der Waals surface area contributed by atoms with Gasteiger partial charge in [-0.25, -0.2) is 0 Å². The summed E-state index contributed by atoms with van der Waals surface area (Å²) in [6.07, 6.45) is 0.176. The summed E-state index contributed by atoms with van der Waals surface area (Å²) in [5, 5.41) is 53.0. The van der Waals surface area contributed by atoms with E-state index < -0.39 is 5.43 Å². The van der Waals surface area contributed by atoms with Gasteiger partial charge < -0.3 is 44.2 Å². The predicted octanol–water partition coefficient (Wildman–Crippen LogP) is 5.91. The molecule has 10 nitrogen and oxygen atoms in total. The Morgan fingerprint density at radius 3 is 2.12 bits per heavy atom. The van der Waals surface area contributed by atoms with E-state index >= 15 is 0 Å². The topological polar surface area (TPSA) is 159 Å². The molecule has 1 aromatic heterocycles. The van der Waals surface area contributed by atoms with Gasteiger partial charge in [0.1, 0.15) is 22.7 Å². The maximum Gasteiger partial charge on any atom is 0.262 e. The molecule has 6 aromatic rings. The summed E-state index contributed by atoms with van der Waals surface area (Å²) in [6.45, 7) is 0. The first-order chi connectivity index (χ1) is 20.6. The van der Waals surface area contributed by atoms with Gasteiger partial charge in [-0.3, -0.25) is 4.79 Å². The van der Waals surface area contributed by atoms with Gasteiger partial charge in [-0.2, -0.15) is 0 Å². The molecule has 0 spiro atoms. The fourth-order valence-corrected chi connectivity index (χ4v) is 5.52. The lowest BCUT2D eigenvalue weighted by molar-refractivity contribution is 0.391. The molecule has 0 saturated heterocycles. The number of benzene rings is 5. The fourth-order valence-electron chi connectivity index (χ4n) is 5.52. The summed E-state index contributed by atoms with van der Waals surface area (Å²) in [5.41, 5.74) is 2.31. The summed E-state index contributed by atoms with van der Waals surface area (Å²) in [7, 11) is 4.22. The third-order valence-electron chi connectivity index (χ3n) is 7.51. The standard InChI is InChI=1S/C33H26O10/c1-40-26-12-18(34)6-4-15(26)8-20-29(16-5-7-22(35)23(36)10-16)19-13-28(41-2)31(39)33(42-3)30(19)21-9-17-11-24(37)25(38)14-27(17)43-32(20)21/h4-7,9-14,34-38H,8H2,1-3H3. The molecule has 0 aliphatic heterocycles. The van der Waals surface area contributed by atoms with E-state index in [0.717, 1.165) is 0 Å². The summed E-state index contributed by atoms with van der Waals surface area (Å²) < 4.78 is 23.1. The fraction of sp³-hybridized carbons (Fsp3) is 0.121. The first-order valence-corrected chi connectivity index (χ1v) is 13.1. The van der Waals surface area contributed by atoms with E-state index in [1.807, 2.05) is 0 Å². The Bertz CT molecular complexity index is 2150. The molecule has 0 unspecified atom stereocenters. The lowest BCUT2D eigenvalue weighted by atomic mass is 9.86. The van der Waals surface area contributed by atoms with Crippen molar-refractivity contribution in [1.82, 2.24) is 0 Å². The van der Waals surface area contributed by atoms with Crippen LogP contribution in [0.15, 0.2) is 69.9 Å². The smallest absolute Gasteiger partial charge is 0.262 e. The zero-order valence-corrected chi connectivity index (χ0v) is 23.3. The summed E-state index contributed by atoms with van der Waals surface area (Å²) in [6, 6.07) is 15.0. The van der Waals surface area contributed by atoms with Gasteiger partial charge in [0.25, 0.3) is 5.43 Å². The highest BCUT2D eigenvalue weighted by Gasteiger charge is 2.26. The normalized spacial score (nSPS) is 11.3. The van der Waals surface area contributed by atoms with Crippen molar-refractivity contribution in [3.05, 3.63) is 82.0 Å². The van der Waals surface area contributed by atoms with Crippen molar-refractivity contribution in [3.8, 4) is 57.1 Å². The highest BCUT2D eigenvalue weighted by Crippen LogP contribution is 2.47. The van der Waals surface area contributed by atoms with Crippen LogP contribution in [-0.4, -0.2) is 46.9 Å². The lowest BCUT2D eigenvalue weighted by Crippen LogP contribution is -2.10. The molecular formula is C33H26O10. The molecule has 0 aliphatic rings. The third kappa shape index (κ3) is 4.40. The van der Waals surface area contributed by atoms with Crippen LogP contribution in [0.25, 0.3) is 43.8 Å². The minimum absolute atomic E-state index is 0.0102. The van der Waals surface area contributed by atoms with E-state index in [0.29, 0.717) is 55.1 Å². The Labute approximate surface area is 243 Å². The van der Waals surface area contributed by atoms with Crippen LogP contribution in [0.5, 0.6) is 46.0 Å². The van der Waals surface area contributed by atoms with Crippen LogP contribution in [0, 0.1) is 0 Å². The number of ether oxygens (including phenoxy) is 3. The molecule has 1 heterocycles. The second-order valence-electron chi connectivity index (χ2n) is 9.96. The molecule has 0 saturated carbocycles. The lowest BCUT2D eigenvalue weighted by Gasteiger charge is -2.20. The molecule has 0 atom stereocenters. The third-order valence-corrected chi connectivity index (χ3v) is 7.51. The first kappa shape index (κ1) is 27.4. The Kier molecular flexibility index (Phi) is 6.53. The molecule has 0 aliphatic carbocycles. The number of fused-ring (bicyclic) bond motifs is 4. The quantitative estimate of drug-likeness (QED) is 0.0908. The predicted molar refractivity (Wildman–Crippen MR) is 160 cm³/mol. The van der Waals surface area contributed by atoms with Crippen LogP contribution >= 0.6 is 0 Å². The number of rotatable bonds is 6. The van der Waals surface area contributed by atoms with E-state index in [1.165, 1.54) is 57.7 Å². The van der Waals surface area contributed by atoms with Gasteiger partial charge in [-0.1, -0.05) is 12.1 Å². The largest absolute Gasteiger partial charge is 0.508 e. The van der Waals surface area contributed by atoms with E-state index in [-0.39, 0.29) is 52.3 Å². The average Bonchev–Trinajstić information content (AvgIpc) is 2.99. The van der Waals surface area contributed by atoms with Crippen LogP contribution < -0.4 is 19.6 Å². The summed E-state index contributed by atoms with van der Waals surface area (Å²) >= 11 is 0. The van der Waals surface area contributed by atoms with Crippen molar-refractivity contribution in [2.75, 3.05) is 21.3 Å². The Morgan fingerprint density at radius 1 is 0.698 bits per heavy atom. The monoisotopic (exact) mass is 582 g/mol. The molecule has 218 valence electrons. The van der Waals surface area contributed by atoms with Crippen LogP contribution in [0.3, 0.4) is 0 Å². The number of phenols is 5. The molecule has 0 fully saturated rings. The zero-order chi connectivity index (χ0) is 30.6. The molecule has 43 heavy (non-hydrogen) atoms. The van der Waals surface area contributed by atoms with Crippen LogP contribution in [-0.2, 0) is 6.42 Å². The van der Waals surface area contributed by atoms with Gasteiger partial charge in [0, 0.05) is 40.3 Å². The van der Waals surface area contributed by atoms with E-state index in [2.05, 4.69) is 0 Å². The second kappa shape index (κ2) is 10.3. The first-order valence-electron chi connectivity index (χ1n) is 13.1. The number of methoxy groups -OCH3 is 3. The van der Waals surface area contributed by atoms with E-state index in [4.69, 9.17) is 18.6 Å².